The number of esters is 1. The van der Waals surface area contributed by atoms with E-state index in [9.17, 15) is 19.5 Å². The molecule has 216 valence electrons. The maximum absolute atomic E-state index is 13.9. The number of carboxylic acid groups (broad SMARTS) is 1. The molecule has 1 atom stereocenters. The Morgan fingerprint density at radius 3 is 2.64 bits per heavy atom. The van der Waals surface area contributed by atoms with E-state index in [0.29, 0.717) is 43.4 Å². The van der Waals surface area contributed by atoms with Crippen LogP contribution in [0.15, 0.2) is 80.1 Å². The maximum atomic E-state index is 13.9. The molecule has 42 heavy (non-hydrogen) atoms. The third-order valence-corrected chi connectivity index (χ3v) is 7.77. The molecule has 0 unspecified atom stereocenters. The molecular weight excluding hydrogens is 580 g/mol. The molecule has 0 radical (unpaired) electrons. The van der Waals surface area contributed by atoms with Gasteiger partial charge in [-0.2, -0.15) is 0 Å². The average Bonchev–Trinajstić information content (AvgIpc) is 3.52. The highest BCUT2D eigenvalue weighted by Gasteiger charge is 2.35. The van der Waals surface area contributed by atoms with Crippen LogP contribution in [0, 0.1) is 0 Å². The molecule has 1 aliphatic heterocycles. The van der Waals surface area contributed by atoms with Crippen molar-refractivity contribution in [1.82, 2.24) is 4.57 Å². The zero-order chi connectivity index (χ0) is 30.1. The molecule has 0 saturated heterocycles. The molecule has 0 fully saturated rings. The second kappa shape index (κ2) is 11.8. The van der Waals surface area contributed by atoms with Crippen LogP contribution in [0.25, 0.3) is 17.4 Å². The Labute approximate surface area is 249 Å². The minimum Gasteiger partial charge on any atom is -0.491 e. The van der Waals surface area contributed by atoms with E-state index in [2.05, 4.69) is 4.99 Å². The lowest BCUT2D eigenvalue weighted by Crippen LogP contribution is -2.40. The van der Waals surface area contributed by atoms with Crippen LogP contribution in [0.5, 0.6) is 5.75 Å². The van der Waals surface area contributed by atoms with Crippen molar-refractivity contribution in [2.45, 2.75) is 39.8 Å². The number of thiazole rings is 1. The van der Waals surface area contributed by atoms with Crippen molar-refractivity contribution in [2.75, 3.05) is 6.61 Å². The van der Waals surface area contributed by atoms with Crippen LogP contribution in [0.1, 0.15) is 55.4 Å². The number of carboxylic acids is 1. The first-order valence-corrected chi connectivity index (χ1v) is 14.4. The fourth-order valence-electron chi connectivity index (χ4n) is 4.71. The molecule has 0 aliphatic carbocycles. The molecule has 0 saturated carbocycles. The summed E-state index contributed by atoms with van der Waals surface area (Å²) < 4.78 is 19.3. The van der Waals surface area contributed by atoms with Gasteiger partial charge < -0.3 is 19.0 Å². The van der Waals surface area contributed by atoms with Crippen LogP contribution < -0.4 is 19.6 Å². The van der Waals surface area contributed by atoms with E-state index < -0.39 is 18.0 Å². The summed E-state index contributed by atoms with van der Waals surface area (Å²) in [5.41, 5.74) is 1.57. The molecule has 0 bridgehead atoms. The zero-order valence-corrected chi connectivity index (χ0v) is 24.8. The summed E-state index contributed by atoms with van der Waals surface area (Å²) in [6.07, 6.45) is 1.47. The number of halogens is 1. The zero-order valence-electron chi connectivity index (χ0n) is 23.2. The van der Waals surface area contributed by atoms with E-state index in [1.165, 1.54) is 28.0 Å². The summed E-state index contributed by atoms with van der Waals surface area (Å²) >= 11 is 7.30. The monoisotopic (exact) mass is 606 g/mol. The van der Waals surface area contributed by atoms with Crippen molar-refractivity contribution >= 4 is 41.0 Å². The SMILES string of the molecule is CCOC(=O)C1=C(C)N=c2s/c(=C/c3ccc(-c4ccc(C(=O)O)c(Cl)c4)o3)c(=O)n2[C@H]1c1ccccc1OC(C)C. The first-order chi connectivity index (χ1) is 20.1. The van der Waals surface area contributed by atoms with Gasteiger partial charge >= 0.3 is 11.9 Å². The number of ether oxygens (including phenoxy) is 2. The topological polar surface area (TPSA) is 120 Å². The Hall–Kier alpha value is -4.41. The first-order valence-electron chi connectivity index (χ1n) is 13.2. The largest absolute Gasteiger partial charge is 0.491 e. The summed E-state index contributed by atoms with van der Waals surface area (Å²) in [7, 11) is 0. The molecule has 4 aromatic rings. The molecule has 1 aliphatic rings. The maximum Gasteiger partial charge on any atom is 0.338 e. The van der Waals surface area contributed by atoms with Crippen LogP contribution in [0.4, 0.5) is 0 Å². The molecular formula is C31H27ClN2O7S. The number of carbonyl (C=O) groups is 2. The van der Waals surface area contributed by atoms with Crippen molar-refractivity contribution in [3.63, 3.8) is 0 Å². The van der Waals surface area contributed by atoms with Gasteiger partial charge in [-0.15, -0.1) is 0 Å². The number of hydrogen-bond acceptors (Lipinski definition) is 8. The van der Waals surface area contributed by atoms with Crippen molar-refractivity contribution in [3.8, 4) is 17.1 Å². The lowest BCUT2D eigenvalue weighted by Gasteiger charge is -2.26. The molecule has 3 heterocycles. The number of aromatic nitrogens is 1. The highest BCUT2D eigenvalue weighted by molar-refractivity contribution is 7.07. The number of rotatable bonds is 8. The normalized spacial score (nSPS) is 15.0. The molecule has 2 aromatic carbocycles. The molecule has 0 amide bonds. The predicted octanol–water partition coefficient (Wildman–Crippen LogP) is 5.20. The number of furan rings is 1. The number of carbonyl (C=O) groups excluding carboxylic acids is 1. The standard InChI is InChI=1S/C31H27ClN2O7S/c1-5-39-30(38)26-17(4)33-31-34(27(26)21-8-6-7-9-24(21)40-16(2)3)28(35)25(42-31)15-19-11-13-23(41-19)18-10-12-20(29(36)37)22(32)14-18/h6-16,27H,5H2,1-4H3,(H,36,37)/b25-15+/t27-/m0/s1. The van der Waals surface area contributed by atoms with Crippen LogP contribution in [-0.2, 0) is 9.53 Å². The smallest absolute Gasteiger partial charge is 0.338 e. The number of hydrogen-bond donors (Lipinski definition) is 1. The first kappa shape index (κ1) is 29.1. The van der Waals surface area contributed by atoms with Crippen LogP contribution in [0.3, 0.4) is 0 Å². The van der Waals surface area contributed by atoms with Crippen molar-refractivity contribution in [2.24, 2.45) is 4.99 Å². The summed E-state index contributed by atoms with van der Waals surface area (Å²) in [6, 6.07) is 14.4. The second-order valence-electron chi connectivity index (χ2n) is 9.71. The van der Waals surface area contributed by atoms with E-state index in [1.54, 1.807) is 38.1 Å². The lowest BCUT2D eigenvalue weighted by atomic mass is 9.95. The highest BCUT2D eigenvalue weighted by Crippen LogP contribution is 2.36. The molecule has 0 spiro atoms. The van der Waals surface area contributed by atoms with Crippen LogP contribution in [-0.4, -0.2) is 34.3 Å². The van der Waals surface area contributed by atoms with Crippen molar-refractivity contribution in [3.05, 3.63) is 107 Å². The number of benzene rings is 2. The molecule has 1 N–H and O–H groups in total. The number of para-hydroxylation sites is 1. The van der Waals surface area contributed by atoms with Gasteiger partial charge in [-0.1, -0.05) is 47.2 Å². The minimum atomic E-state index is -1.12. The third-order valence-electron chi connectivity index (χ3n) is 6.48. The van der Waals surface area contributed by atoms with E-state index in [0.717, 1.165) is 0 Å². The van der Waals surface area contributed by atoms with Gasteiger partial charge in [0.2, 0.25) is 0 Å². The Kier molecular flexibility index (Phi) is 8.20. The van der Waals surface area contributed by atoms with E-state index >= 15 is 0 Å². The third kappa shape index (κ3) is 5.55. The number of allylic oxidation sites excluding steroid dienone is 1. The van der Waals surface area contributed by atoms with Gasteiger partial charge in [-0.25, -0.2) is 14.6 Å². The Bertz CT molecular complexity index is 1920. The van der Waals surface area contributed by atoms with E-state index in [1.807, 2.05) is 38.1 Å². The average molecular weight is 607 g/mol. The van der Waals surface area contributed by atoms with Crippen molar-refractivity contribution in [1.29, 1.82) is 0 Å². The van der Waals surface area contributed by atoms with Gasteiger partial charge in [0.05, 0.1) is 39.1 Å². The number of aromatic carboxylic acids is 1. The van der Waals surface area contributed by atoms with Crippen molar-refractivity contribution < 1.29 is 28.6 Å². The van der Waals surface area contributed by atoms with E-state index in [4.69, 9.17) is 25.5 Å². The Balaban J connectivity index is 1.63. The van der Waals surface area contributed by atoms with Gasteiger partial charge in [0.15, 0.2) is 4.80 Å². The fourth-order valence-corrected chi connectivity index (χ4v) is 6.00. The van der Waals surface area contributed by atoms with Gasteiger partial charge in [0, 0.05) is 17.2 Å². The van der Waals surface area contributed by atoms with Gasteiger partial charge in [0.1, 0.15) is 23.3 Å². The molecule has 9 nitrogen and oxygen atoms in total. The molecule has 11 heteroatoms. The number of fused-ring (bicyclic) bond motifs is 1. The molecule has 5 rings (SSSR count). The van der Waals surface area contributed by atoms with Gasteiger partial charge in [-0.3, -0.25) is 9.36 Å². The van der Waals surface area contributed by atoms with Crippen LogP contribution in [0.2, 0.25) is 5.02 Å². The molecule has 2 aromatic heterocycles. The summed E-state index contributed by atoms with van der Waals surface area (Å²) in [4.78, 5) is 43.5. The Morgan fingerprint density at radius 1 is 1.19 bits per heavy atom. The lowest BCUT2D eigenvalue weighted by molar-refractivity contribution is -0.139. The van der Waals surface area contributed by atoms with Crippen LogP contribution >= 0.6 is 22.9 Å². The number of nitrogens with zero attached hydrogens (tertiary/aromatic N) is 2. The fraction of sp³-hybridized carbons (Fsp3) is 0.226. The Morgan fingerprint density at radius 2 is 1.95 bits per heavy atom. The minimum absolute atomic E-state index is 0.0132. The predicted molar refractivity (Wildman–Crippen MR) is 159 cm³/mol. The quantitative estimate of drug-likeness (QED) is 0.274. The summed E-state index contributed by atoms with van der Waals surface area (Å²) in [5, 5.41) is 9.32. The summed E-state index contributed by atoms with van der Waals surface area (Å²) in [5.74, 6) is -0.284. The van der Waals surface area contributed by atoms with E-state index in [-0.39, 0.29) is 34.4 Å². The summed E-state index contributed by atoms with van der Waals surface area (Å²) in [6.45, 7) is 7.42. The highest BCUT2D eigenvalue weighted by atomic mass is 35.5. The van der Waals surface area contributed by atoms with Gasteiger partial charge in [-0.05, 0) is 58.0 Å². The van der Waals surface area contributed by atoms with Gasteiger partial charge in [0.25, 0.3) is 5.56 Å². The second-order valence-corrected chi connectivity index (χ2v) is 11.1.